The number of hydrogen-bond acceptors (Lipinski definition) is 15. The van der Waals surface area contributed by atoms with E-state index in [1.807, 2.05) is 61.5 Å². The largest absolute Gasteiger partial charge is 0.390 e. The molecule has 7 N–H and O–H groups in total. The van der Waals surface area contributed by atoms with Crippen LogP contribution in [0.2, 0.25) is 0 Å². The number of thioether (sulfide) groups is 1. The van der Waals surface area contributed by atoms with E-state index in [2.05, 4.69) is 26.6 Å². The van der Waals surface area contributed by atoms with Crippen molar-refractivity contribution < 1.29 is 63.0 Å². The zero-order valence-electron chi connectivity index (χ0n) is 62.2. The van der Waals surface area contributed by atoms with E-state index in [9.17, 15) is 39.0 Å². The Morgan fingerprint density at radius 3 is 1.49 bits per heavy atom. The SMILES string of the molecule is C/C=C/C[C@@H](C)[C@@H](O)C1C(=O)N[C@@H](CC)C(=O)N(C)[C@H](SCC2(NCC)CC2)CC(=O)N(C)[C@@H](CC(C)(C)O)C(=O)N[C@@H](C(C)C)C(=O)N(C)[C@@H](CC(C)C)C(=O)N[C@H](C)C(=O)N[C@H](C)C(=O)N(C)[C@H](CC(C)C)C(=O)N(C)[C@@H](CC(C)C)C(=O)N(C)[C@@H](C(C)C)C(=O)N1C. The Balaban J connectivity index is 3.09. The maximum absolute atomic E-state index is 15.4. The summed E-state index contributed by atoms with van der Waals surface area (Å²) in [6.07, 6.45) is 3.89. The van der Waals surface area contributed by atoms with Crippen LogP contribution in [0.4, 0.5) is 0 Å². The minimum absolute atomic E-state index is 0.0315. The van der Waals surface area contributed by atoms with Crippen molar-refractivity contribution in [1.29, 1.82) is 0 Å². The van der Waals surface area contributed by atoms with E-state index >= 15 is 24.0 Å². The van der Waals surface area contributed by atoms with E-state index in [-0.39, 0.29) is 61.8 Å². The summed E-state index contributed by atoms with van der Waals surface area (Å²) in [5, 5.41) is 37.4. The summed E-state index contributed by atoms with van der Waals surface area (Å²) < 4.78 is 0. The monoisotopic (exact) mass is 1360 g/mol. The molecule has 13 atom stereocenters. The van der Waals surface area contributed by atoms with Gasteiger partial charge in [-0.1, -0.05) is 102 Å². The van der Waals surface area contributed by atoms with Crippen molar-refractivity contribution in [2.75, 3.05) is 61.6 Å². The van der Waals surface area contributed by atoms with E-state index in [4.69, 9.17) is 0 Å². The Kier molecular flexibility index (Phi) is 33.9. The van der Waals surface area contributed by atoms with E-state index in [0.717, 1.165) is 17.7 Å². The normalized spacial score (nSPS) is 27.5. The first-order valence-corrected chi connectivity index (χ1v) is 35.4. The molecule has 1 aliphatic heterocycles. The van der Waals surface area contributed by atoms with Gasteiger partial charge in [0.05, 0.1) is 23.5 Å². The number of amides is 11. The number of likely N-dealkylation sites (N-methyl/N-ethyl adjacent to an activating group) is 7. The summed E-state index contributed by atoms with van der Waals surface area (Å²) in [6.45, 7) is 31.8. The molecule has 0 aromatic heterocycles. The van der Waals surface area contributed by atoms with Crippen molar-refractivity contribution >= 4 is 76.7 Å². The van der Waals surface area contributed by atoms with Gasteiger partial charge in [0, 0.05) is 67.0 Å². The molecule has 0 spiro atoms. The summed E-state index contributed by atoms with van der Waals surface area (Å²) >= 11 is 1.35. The predicted molar refractivity (Wildman–Crippen MR) is 372 cm³/mol. The molecule has 544 valence electrons. The zero-order valence-corrected chi connectivity index (χ0v) is 63.1. The molecule has 11 amide bonds. The lowest BCUT2D eigenvalue weighted by Crippen LogP contribution is -2.63. The van der Waals surface area contributed by atoms with E-state index < -0.39 is 160 Å². The fourth-order valence-corrected chi connectivity index (χ4v) is 13.6. The molecule has 0 radical (unpaired) electrons. The van der Waals surface area contributed by atoms with Crippen molar-refractivity contribution in [2.24, 2.45) is 35.5 Å². The summed E-state index contributed by atoms with van der Waals surface area (Å²) in [6, 6.07) is -12.8. The van der Waals surface area contributed by atoms with Gasteiger partial charge in [0.15, 0.2) is 0 Å². The highest BCUT2D eigenvalue weighted by atomic mass is 32.2. The molecule has 2 rings (SSSR count). The fourth-order valence-electron chi connectivity index (χ4n) is 12.2. The number of carbonyl (C=O) groups is 11. The number of nitrogens with one attached hydrogen (secondary N) is 5. The molecule has 1 heterocycles. The van der Waals surface area contributed by atoms with Crippen LogP contribution in [0.3, 0.4) is 0 Å². The lowest BCUT2D eigenvalue weighted by molar-refractivity contribution is -0.157. The average Bonchev–Trinajstić information content (AvgIpc) is 1.72. The molecule has 0 aromatic rings. The predicted octanol–water partition coefficient (Wildman–Crippen LogP) is 3.98. The Hall–Kier alpha value is -5.86. The smallest absolute Gasteiger partial charge is 0.246 e. The second-order valence-electron chi connectivity index (χ2n) is 29.5. The van der Waals surface area contributed by atoms with Crippen LogP contribution in [0.15, 0.2) is 12.2 Å². The molecule has 2 aliphatic rings. The van der Waals surface area contributed by atoms with Crippen LogP contribution >= 0.6 is 11.8 Å². The number of carbonyl (C=O) groups excluding carboxylic acids is 11. The number of allylic oxidation sites excluding steroid dienone is 2. The molecule has 0 bridgehead atoms. The summed E-state index contributed by atoms with van der Waals surface area (Å²) in [7, 11) is 10.1. The van der Waals surface area contributed by atoms with E-state index in [1.54, 1.807) is 47.6 Å². The van der Waals surface area contributed by atoms with Crippen LogP contribution in [0.25, 0.3) is 0 Å². The van der Waals surface area contributed by atoms with E-state index in [1.165, 1.54) is 118 Å². The number of aliphatic hydroxyl groups excluding tert-OH is 1. The highest BCUT2D eigenvalue weighted by Gasteiger charge is 2.47. The summed E-state index contributed by atoms with van der Waals surface area (Å²) in [5.74, 6) is -9.35. The van der Waals surface area contributed by atoms with Gasteiger partial charge in [0.1, 0.15) is 60.4 Å². The molecule has 25 nitrogen and oxygen atoms in total. The topological polar surface area (TPSA) is 311 Å². The Labute approximate surface area is 572 Å². The minimum Gasteiger partial charge on any atom is -0.390 e. The van der Waals surface area contributed by atoms with Gasteiger partial charge in [-0.3, -0.25) is 52.7 Å². The maximum atomic E-state index is 15.4. The van der Waals surface area contributed by atoms with Crippen molar-refractivity contribution in [1.82, 2.24) is 60.9 Å². The van der Waals surface area contributed by atoms with Gasteiger partial charge in [-0.15, -0.1) is 11.8 Å². The highest BCUT2D eigenvalue weighted by molar-refractivity contribution is 8.00. The van der Waals surface area contributed by atoms with Gasteiger partial charge in [-0.2, -0.15) is 0 Å². The summed E-state index contributed by atoms with van der Waals surface area (Å²) in [5.41, 5.74) is -1.81. The Morgan fingerprint density at radius 2 is 1.03 bits per heavy atom. The van der Waals surface area contributed by atoms with Gasteiger partial charge in [0.25, 0.3) is 0 Å². The minimum atomic E-state index is -1.63. The summed E-state index contributed by atoms with van der Waals surface area (Å²) in [4.78, 5) is 172. The van der Waals surface area contributed by atoms with Crippen LogP contribution in [0.1, 0.15) is 182 Å². The Morgan fingerprint density at radius 1 is 0.558 bits per heavy atom. The van der Waals surface area contributed by atoms with Crippen LogP contribution < -0.4 is 26.6 Å². The standard InChI is InChI=1S/C69H124N12O13S/c1-26-29-30-44(14)57(83)56-61(87)73-47(27-2)63(89)79(23)53(95-38-69(31-32-69)70-28-3)36-52(82)75(19)51(37-68(17,18)94)60(86)74-54(42(10)11)66(92)76(20)48(33-39(4)5)59(85)71-45(15)58(84)72-46(16)62(88)77(21)49(34-40(6)7)64(90)78(22)50(35-41(8)9)65(91)80(24)55(43(12)13)67(93)81(56)25/h26,29,39-51,53-57,70,83,94H,27-28,30-38H2,1-25H3,(H,71,85)(H,72,84)(H,73,87)(H,74,86)/b29-26+/t44-,45-,46-,47+,48+,49-,50+,51+,53-,54+,55+,56?,57-/m1/s1. The number of aliphatic hydroxyl groups is 2. The van der Waals surface area contributed by atoms with E-state index in [0.29, 0.717) is 18.7 Å². The molecule has 1 unspecified atom stereocenters. The fraction of sp³-hybridized carbons (Fsp3) is 0.812. The van der Waals surface area contributed by atoms with Crippen LogP contribution in [-0.2, 0) is 52.7 Å². The van der Waals surface area contributed by atoms with Crippen LogP contribution in [0, 0.1) is 35.5 Å². The van der Waals surface area contributed by atoms with Crippen molar-refractivity contribution in [3.63, 3.8) is 0 Å². The first-order valence-electron chi connectivity index (χ1n) is 34.3. The zero-order chi connectivity index (χ0) is 73.2. The Bertz CT molecular complexity index is 2650. The molecule has 1 aliphatic carbocycles. The molecule has 1 saturated carbocycles. The quantitative estimate of drug-likeness (QED) is 0.0849. The van der Waals surface area contributed by atoms with Crippen molar-refractivity contribution in [3.8, 4) is 0 Å². The number of hydrogen-bond donors (Lipinski definition) is 7. The first kappa shape index (κ1) is 85.2. The highest BCUT2D eigenvalue weighted by Crippen LogP contribution is 2.40. The molecule has 1 saturated heterocycles. The second kappa shape index (κ2) is 37.8. The van der Waals surface area contributed by atoms with Crippen LogP contribution in [-0.4, -0.2) is 254 Å². The molecular weight excluding hydrogens is 1240 g/mol. The molecule has 2 fully saturated rings. The lowest BCUT2D eigenvalue weighted by Gasteiger charge is -2.41. The van der Waals surface area contributed by atoms with Gasteiger partial charge in [-0.05, 0) is 122 Å². The van der Waals surface area contributed by atoms with Crippen molar-refractivity contribution in [2.45, 2.75) is 265 Å². The molecule has 26 heteroatoms. The van der Waals surface area contributed by atoms with Gasteiger partial charge in [0.2, 0.25) is 65.0 Å². The van der Waals surface area contributed by atoms with Gasteiger partial charge in [-0.25, -0.2) is 0 Å². The van der Waals surface area contributed by atoms with Gasteiger partial charge >= 0.3 is 0 Å². The third kappa shape index (κ3) is 24.3. The van der Waals surface area contributed by atoms with Crippen molar-refractivity contribution in [3.05, 3.63) is 12.2 Å². The van der Waals surface area contributed by atoms with Crippen LogP contribution in [0.5, 0.6) is 0 Å². The van der Waals surface area contributed by atoms with Gasteiger partial charge < -0.3 is 71.1 Å². The third-order valence-electron chi connectivity index (χ3n) is 18.4. The molecule has 95 heavy (non-hydrogen) atoms. The number of rotatable bonds is 20. The first-order chi connectivity index (χ1) is 43.9. The number of nitrogens with zero attached hydrogens (tertiary/aromatic N) is 7. The molecular formula is C69H124N12O13S. The molecule has 0 aromatic carbocycles. The second-order valence-corrected chi connectivity index (χ2v) is 30.7. The maximum Gasteiger partial charge on any atom is 0.246 e. The lowest BCUT2D eigenvalue weighted by atomic mass is 9.91. The third-order valence-corrected chi connectivity index (χ3v) is 20.0. The average molecular weight is 1360 g/mol.